The number of carbonyl (C=O) groups excluding carboxylic acids is 1. The highest BCUT2D eigenvalue weighted by Gasteiger charge is 2.29. The minimum atomic E-state index is -3.78. The number of anilines is 1. The van der Waals surface area contributed by atoms with Crippen LogP contribution in [-0.4, -0.2) is 72.4 Å². The lowest BCUT2D eigenvalue weighted by Gasteiger charge is -2.36. The number of benzene rings is 2. The summed E-state index contributed by atoms with van der Waals surface area (Å²) >= 11 is 0. The summed E-state index contributed by atoms with van der Waals surface area (Å²) in [4.78, 5) is 15.6. The molecule has 0 saturated carbocycles. The van der Waals surface area contributed by atoms with Gasteiger partial charge in [-0.05, 0) is 44.2 Å². The van der Waals surface area contributed by atoms with E-state index in [1.165, 1.54) is 28.0 Å². The molecule has 0 N–H and O–H groups in total. The summed E-state index contributed by atoms with van der Waals surface area (Å²) in [5.41, 5.74) is -0.276. The quantitative estimate of drug-likeness (QED) is 0.582. The molecule has 1 amide bonds. The van der Waals surface area contributed by atoms with Gasteiger partial charge in [0.15, 0.2) is 31.3 Å². The van der Waals surface area contributed by atoms with E-state index < -0.39 is 42.1 Å². The van der Waals surface area contributed by atoms with Crippen molar-refractivity contribution in [1.82, 2.24) is 4.90 Å². The number of sulfone groups is 2. The van der Waals surface area contributed by atoms with Crippen LogP contribution in [0.25, 0.3) is 0 Å². The van der Waals surface area contributed by atoms with E-state index in [0.29, 0.717) is 0 Å². The SMILES string of the molecule is CC(C)Oc1ccc(S(C)(=O)=O)cc1C(=O)N1CCN(c2c(F)cc(S(C)(=O)=O)cc2F)CC1. The molecule has 0 atom stereocenters. The van der Waals surface area contributed by atoms with Crippen molar-refractivity contribution in [2.75, 3.05) is 43.6 Å². The zero-order valence-electron chi connectivity index (χ0n) is 19.2. The summed E-state index contributed by atoms with van der Waals surface area (Å²) in [7, 11) is -7.34. The summed E-state index contributed by atoms with van der Waals surface area (Å²) in [5, 5.41) is 0. The summed E-state index contributed by atoms with van der Waals surface area (Å²) in [6.45, 7) is 3.94. The predicted octanol–water partition coefficient (Wildman–Crippen LogP) is 2.52. The van der Waals surface area contributed by atoms with Crippen molar-refractivity contribution in [3.63, 3.8) is 0 Å². The maximum absolute atomic E-state index is 14.6. The Balaban J connectivity index is 1.84. The number of nitrogens with zero attached hydrogens (tertiary/aromatic N) is 2. The second-order valence-corrected chi connectivity index (χ2v) is 12.4. The van der Waals surface area contributed by atoms with Crippen molar-refractivity contribution in [2.24, 2.45) is 0 Å². The molecule has 0 radical (unpaired) electrons. The fourth-order valence-electron chi connectivity index (χ4n) is 3.63. The summed E-state index contributed by atoms with van der Waals surface area (Å²) < 4.78 is 82.0. The molecular formula is C22H26F2N2O6S2. The van der Waals surface area contributed by atoms with Gasteiger partial charge in [-0.3, -0.25) is 4.79 Å². The highest BCUT2D eigenvalue weighted by Crippen LogP contribution is 2.29. The van der Waals surface area contributed by atoms with Crippen LogP contribution in [0.3, 0.4) is 0 Å². The van der Waals surface area contributed by atoms with Crippen molar-refractivity contribution >= 4 is 31.3 Å². The third-order valence-electron chi connectivity index (χ3n) is 5.27. The van der Waals surface area contributed by atoms with E-state index >= 15 is 0 Å². The molecule has 2 aromatic rings. The Morgan fingerprint density at radius 3 is 1.88 bits per heavy atom. The van der Waals surface area contributed by atoms with Crippen LogP contribution < -0.4 is 9.64 Å². The van der Waals surface area contributed by atoms with Gasteiger partial charge in [-0.2, -0.15) is 0 Å². The standard InChI is InChI=1S/C22H26F2N2O6S2/c1-14(2)32-20-6-5-15(33(3,28)29)11-17(20)22(27)26-9-7-25(8-10-26)21-18(23)12-16(13-19(21)24)34(4,30)31/h5-6,11-14H,7-10H2,1-4H3. The largest absolute Gasteiger partial charge is 0.490 e. The number of carbonyl (C=O) groups is 1. The van der Waals surface area contributed by atoms with E-state index in [-0.39, 0.29) is 54.2 Å². The van der Waals surface area contributed by atoms with E-state index in [2.05, 4.69) is 0 Å². The van der Waals surface area contributed by atoms with E-state index in [4.69, 9.17) is 4.74 Å². The van der Waals surface area contributed by atoms with Crippen LogP contribution in [0.15, 0.2) is 40.1 Å². The van der Waals surface area contributed by atoms with Crippen molar-refractivity contribution in [2.45, 2.75) is 29.7 Å². The smallest absolute Gasteiger partial charge is 0.257 e. The molecule has 0 aliphatic carbocycles. The Morgan fingerprint density at radius 2 is 1.41 bits per heavy atom. The molecule has 3 rings (SSSR count). The predicted molar refractivity (Wildman–Crippen MR) is 123 cm³/mol. The Hall–Kier alpha value is -2.73. The van der Waals surface area contributed by atoms with Crippen LogP contribution in [0.5, 0.6) is 5.75 Å². The Bertz CT molecular complexity index is 1300. The minimum absolute atomic E-state index is 0.0271. The van der Waals surface area contributed by atoms with Crippen LogP contribution >= 0.6 is 0 Å². The zero-order valence-corrected chi connectivity index (χ0v) is 20.8. The van der Waals surface area contributed by atoms with Gasteiger partial charge in [0.25, 0.3) is 5.91 Å². The molecule has 8 nitrogen and oxygen atoms in total. The number of rotatable bonds is 6. The first-order valence-electron chi connectivity index (χ1n) is 10.4. The van der Waals surface area contributed by atoms with Gasteiger partial charge in [-0.15, -0.1) is 0 Å². The number of ether oxygens (including phenoxy) is 1. The number of hydrogen-bond acceptors (Lipinski definition) is 7. The highest BCUT2D eigenvalue weighted by atomic mass is 32.2. The van der Waals surface area contributed by atoms with Crippen molar-refractivity contribution in [1.29, 1.82) is 0 Å². The first kappa shape index (κ1) is 25.9. The molecule has 1 fully saturated rings. The van der Waals surface area contributed by atoms with E-state index in [0.717, 1.165) is 24.6 Å². The Labute approximate surface area is 198 Å². The summed E-state index contributed by atoms with van der Waals surface area (Å²) in [6, 6.07) is 5.63. The zero-order chi connectivity index (χ0) is 25.4. The lowest BCUT2D eigenvalue weighted by atomic mass is 10.1. The summed E-state index contributed by atoms with van der Waals surface area (Å²) in [6.07, 6.45) is 1.64. The Morgan fingerprint density at radius 1 is 0.882 bits per heavy atom. The van der Waals surface area contributed by atoms with Crippen molar-refractivity contribution < 1.29 is 35.1 Å². The van der Waals surface area contributed by atoms with E-state index in [9.17, 15) is 30.4 Å². The number of hydrogen-bond donors (Lipinski definition) is 0. The van der Waals surface area contributed by atoms with Crippen LogP contribution in [0, 0.1) is 11.6 Å². The molecule has 2 aromatic carbocycles. The van der Waals surface area contributed by atoms with Crippen molar-refractivity contribution in [3.05, 3.63) is 47.5 Å². The second-order valence-electron chi connectivity index (χ2n) is 8.38. The van der Waals surface area contributed by atoms with Gasteiger partial charge in [0.05, 0.1) is 21.5 Å². The van der Waals surface area contributed by atoms with Gasteiger partial charge >= 0.3 is 0 Å². The van der Waals surface area contributed by atoms with Gasteiger partial charge in [-0.1, -0.05) is 0 Å². The highest BCUT2D eigenvalue weighted by molar-refractivity contribution is 7.91. The molecule has 12 heteroatoms. The van der Waals surface area contributed by atoms with E-state index in [1.54, 1.807) is 13.8 Å². The monoisotopic (exact) mass is 516 g/mol. The maximum Gasteiger partial charge on any atom is 0.257 e. The summed E-state index contributed by atoms with van der Waals surface area (Å²) in [5.74, 6) is -2.24. The van der Waals surface area contributed by atoms with Crippen LogP contribution in [0.4, 0.5) is 14.5 Å². The molecule has 0 unspecified atom stereocenters. The molecule has 1 aliphatic heterocycles. The van der Waals surface area contributed by atoms with Crippen molar-refractivity contribution in [3.8, 4) is 5.75 Å². The van der Waals surface area contributed by atoms with E-state index in [1.807, 2.05) is 0 Å². The fourth-order valence-corrected chi connectivity index (χ4v) is 4.91. The van der Waals surface area contributed by atoms with Gasteiger partial charge in [0.1, 0.15) is 11.4 Å². The second kappa shape index (κ2) is 9.49. The van der Waals surface area contributed by atoms with Crippen LogP contribution in [0.1, 0.15) is 24.2 Å². The molecule has 1 heterocycles. The minimum Gasteiger partial charge on any atom is -0.490 e. The molecule has 1 aliphatic rings. The van der Waals surface area contributed by atoms with Crippen LogP contribution in [-0.2, 0) is 19.7 Å². The topological polar surface area (TPSA) is 101 Å². The first-order valence-corrected chi connectivity index (χ1v) is 14.2. The first-order chi connectivity index (χ1) is 15.7. The molecule has 0 spiro atoms. The molecule has 186 valence electrons. The average molecular weight is 517 g/mol. The van der Waals surface area contributed by atoms with Crippen LogP contribution in [0.2, 0.25) is 0 Å². The maximum atomic E-state index is 14.6. The fraction of sp³-hybridized carbons (Fsp3) is 0.409. The number of amides is 1. The Kier molecular flexibility index (Phi) is 7.23. The normalized spacial score (nSPS) is 15.0. The van der Waals surface area contributed by atoms with Gasteiger partial charge < -0.3 is 14.5 Å². The van der Waals surface area contributed by atoms with Gasteiger partial charge in [0, 0.05) is 38.7 Å². The number of halogens is 2. The third-order valence-corrected chi connectivity index (χ3v) is 7.48. The molecule has 1 saturated heterocycles. The van der Waals surface area contributed by atoms with Gasteiger partial charge in [0.2, 0.25) is 0 Å². The number of piperazine rings is 1. The average Bonchev–Trinajstić information content (AvgIpc) is 2.71. The lowest BCUT2D eigenvalue weighted by Crippen LogP contribution is -2.49. The lowest BCUT2D eigenvalue weighted by molar-refractivity contribution is 0.0740. The molecular weight excluding hydrogens is 490 g/mol. The third kappa shape index (κ3) is 5.66. The molecule has 34 heavy (non-hydrogen) atoms. The molecule has 0 aromatic heterocycles. The van der Waals surface area contributed by atoms with Gasteiger partial charge in [-0.25, -0.2) is 25.6 Å². The molecule has 0 bridgehead atoms.